The minimum atomic E-state index is -1.03. The zero-order chi connectivity index (χ0) is 11.5. The fourth-order valence-electron chi connectivity index (χ4n) is 1.44. The molecule has 2 rings (SSSR count). The van der Waals surface area contributed by atoms with Crippen LogP contribution in [0.3, 0.4) is 0 Å². The van der Waals surface area contributed by atoms with E-state index < -0.39 is 5.97 Å². The van der Waals surface area contributed by atoms with Crippen LogP contribution in [-0.2, 0) is 6.42 Å². The standard InChI is InChI=1S/C11H10N2O2S/c12-11-13-9(10(14)15)8(16-11)6-7-4-2-1-3-5-7/h1-5H,6H2,(H2,12,13)(H,14,15). The number of hydrogen-bond acceptors (Lipinski definition) is 4. The minimum absolute atomic E-state index is 0.0614. The van der Waals surface area contributed by atoms with E-state index in [2.05, 4.69) is 4.98 Å². The van der Waals surface area contributed by atoms with Gasteiger partial charge < -0.3 is 10.8 Å². The normalized spacial score (nSPS) is 10.2. The highest BCUT2D eigenvalue weighted by Gasteiger charge is 2.16. The first-order valence-corrected chi connectivity index (χ1v) is 5.51. The van der Waals surface area contributed by atoms with Gasteiger partial charge in [0.05, 0.1) is 0 Å². The molecule has 0 unspecified atom stereocenters. The van der Waals surface area contributed by atoms with Crippen LogP contribution in [0, 0.1) is 0 Å². The Morgan fingerprint density at radius 2 is 2.06 bits per heavy atom. The van der Waals surface area contributed by atoms with E-state index in [1.165, 1.54) is 11.3 Å². The maximum absolute atomic E-state index is 10.9. The summed E-state index contributed by atoms with van der Waals surface area (Å²) in [6.07, 6.45) is 0.553. The minimum Gasteiger partial charge on any atom is -0.476 e. The maximum atomic E-state index is 10.9. The Morgan fingerprint density at radius 1 is 1.38 bits per heavy atom. The Bertz CT molecular complexity index is 508. The number of nitrogens with two attached hydrogens (primary N) is 1. The first-order valence-electron chi connectivity index (χ1n) is 4.69. The first-order chi connectivity index (χ1) is 7.66. The van der Waals surface area contributed by atoms with Gasteiger partial charge in [0.15, 0.2) is 10.8 Å². The number of nitrogen functional groups attached to an aromatic ring is 1. The van der Waals surface area contributed by atoms with Crippen LogP contribution < -0.4 is 5.73 Å². The summed E-state index contributed by atoms with van der Waals surface area (Å²) in [5.74, 6) is -1.03. The first kappa shape index (κ1) is 10.6. The molecule has 0 saturated carbocycles. The summed E-state index contributed by atoms with van der Waals surface area (Å²) in [6.45, 7) is 0. The summed E-state index contributed by atoms with van der Waals surface area (Å²) in [5, 5.41) is 9.24. The van der Waals surface area contributed by atoms with Gasteiger partial charge in [-0.05, 0) is 5.56 Å². The second kappa shape index (κ2) is 4.32. The number of benzene rings is 1. The number of hydrogen-bond donors (Lipinski definition) is 2. The third-order valence-corrected chi connectivity index (χ3v) is 3.01. The van der Waals surface area contributed by atoms with Gasteiger partial charge in [-0.3, -0.25) is 0 Å². The smallest absolute Gasteiger partial charge is 0.355 e. The van der Waals surface area contributed by atoms with E-state index in [1.807, 2.05) is 30.3 Å². The van der Waals surface area contributed by atoms with Crippen molar-refractivity contribution in [2.45, 2.75) is 6.42 Å². The molecular formula is C11H10N2O2S. The summed E-state index contributed by atoms with van der Waals surface area (Å²) in [5.41, 5.74) is 6.63. The van der Waals surface area contributed by atoms with Crippen LogP contribution in [-0.4, -0.2) is 16.1 Å². The van der Waals surface area contributed by atoms with Gasteiger partial charge in [-0.15, -0.1) is 11.3 Å². The topological polar surface area (TPSA) is 76.2 Å². The molecule has 0 aliphatic carbocycles. The van der Waals surface area contributed by atoms with E-state index in [0.717, 1.165) is 5.56 Å². The van der Waals surface area contributed by atoms with Crippen molar-refractivity contribution < 1.29 is 9.90 Å². The molecule has 5 heteroatoms. The molecule has 0 saturated heterocycles. The number of carboxylic acid groups (broad SMARTS) is 1. The van der Waals surface area contributed by atoms with Gasteiger partial charge in [-0.2, -0.15) is 0 Å². The molecule has 4 nitrogen and oxygen atoms in total. The summed E-state index contributed by atoms with van der Waals surface area (Å²) in [7, 11) is 0. The molecule has 16 heavy (non-hydrogen) atoms. The van der Waals surface area contributed by atoms with Crippen LogP contribution in [0.15, 0.2) is 30.3 Å². The van der Waals surface area contributed by atoms with Gasteiger partial charge in [-0.25, -0.2) is 9.78 Å². The average Bonchev–Trinajstić information content (AvgIpc) is 2.61. The molecule has 0 aliphatic heterocycles. The van der Waals surface area contributed by atoms with Crippen molar-refractivity contribution in [2.24, 2.45) is 0 Å². The predicted octanol–water partition coefficient (Wildman–Crippen LogP) is 2.01. The van der Waals surface area contributed by atoms with E-state index in [1.54, 1.807) is 0 Å². The molecule has 0 amide bonds. The largest absolute Gasteiger partial charge is 0.476 e. The van der Waals surface area contributed by atoms with Gasteiger partial charge in [0.1, 0.15) is 0 Å². The highest BCUT2D eigenvalue weighted by molar-refractivity contribution is 7.15. The van der Waals surface area contributed by atoms with Crippen LogP contribution in [0.25, 0.3) is 0 Å². The highest BCUT2D eigenvalue weighted by Crippen LogP contribution is 2.23. The van der Waals surface area contributed by atoms with E-state index in [9.17, 15) is 4.79 Å². The van der Waals surface area contributed by atoms with Crippen molar-refractivity contribution in [3.05, 3.63) is 46.5 Å². The molecule has 0 atom stereocenters. The number of aromatic nitrogens is 1. The zero-order valence-corrected chi connectivity index (χ0v) is 9.20. The maximum Gasteiger partial charge on any atom is 0.355 e. The fourth-order valence-corrected chi connectivity index (χ4v) is 2.30. The lowest BCUT2D eigenvalue weighted by Crippen LogP contribution is -2.01. The molecule has 1 heterocycles. The van der Waals surface area contributed by atoms with Crippen molar-refractivity contribution in [3.63, 3.8) is 0 Å². The lowest BCUT2D eigenvalue weighted by atomic mass is 10.1. The number of thiazole rings is 1. The van der Waals surface area contributed by atoms with E-state index in [4.69, 9.17) is 10.8 Å². The van der Waals surface area contributed by atoms with Crippen molar-refractivity contribution in [1.82, 2.24) is 4.98 Å². The number of aromatic carboxylic acids is 1. The summed E-state index contributed by atoms with van der Waals surface area (Å²) < 4.78 is 0. The summed E-state index contributed by atoms with van der Waals surface area (Å²) in [4.78, 5) is 15.4. The van der Waals surface area contributed by atoms with Gasteiger partial charge >= 0.3 is 5.97 Å². The Kier molecular flexibility index (Phi) is 2.87. The SMILES string of the molecule is Nc1nc(C(=O)O)c(Cc2ccccc2)s1. The third kappa shape index (κ3) is 2.20. The van der Waals surface area contributed by atoms with Crippen molar-refractivity contribution in [1.29, 1.82) is 0 Å². The van der Waals surface area contributed by atoms with E-state index in [-0.39, 0.29) is 5.69 Å². The van der Waals surface area contributed by atoms with Gasteiger partial charge in [-0.1, -0.05) is 30.3 Å². The van der Waals surface area contributed by atoms with Crippen LogP contribution in [0.1, 0.15) is 20.9 Å². The van der Waals surface area contributed by atoms with Crippen molar-refractivity contribution >= 4 is 22.4 Å². The Labute approximate surface area is 96.4 Å². The van der Waals surface area contributed by atoms with Gasteiger partial charge in [0.2, 0.25) is 0 Å². The van der Waals surface area contributed by atoms with Gasteiger partial charge in [0, 0.05) is 11.3 Å². The predicted molar refractivity (Wildman–Crippen MR) is 62.7 cm³/mol. The van der Waals surface area contributed by atoms with E-state index in [0.29, 0.717) is 16.4 Å². The Hall–Kier alpha value is -1.88. The Morgan fingerprint density at radius 3 is 2.69 bits per heavy atom. The number of carbonyl (C=O) groups is 1. The summed E-state index contributed by atoms with van der Waals surface area (Å²) >= 11 is 1.22. The number of nitrogens with zero attached hydrogens (tertiary/aromatic N) is 1. The van der Waals surface area contributed by atoms with Crippen molar-refractivity contribution in [2.75, 3.05) is 5.73 Å². The molecule has 82 valence electrons. The van der Waals surface area contributed by atoms with Crippen LogP contribution in [0.4, 0.5) is 5.13 Å². The average molecular weight is 234 g/mol. The third-order valence-electron chi connectivity index (χ3n) is 2.12. The second-order valence-corrected chi connectivity index (χ2v) is 4.41. The lowest BCUT2D eigenvalue weighted by molar-refractivity contribution is 0.0690. The molecule has 2 aromatic rings. The number of carboxylic acids is 1. The lowest BCUT2D eigenvalue weighted by Gasteiger charge is -1.98. The van der Waals surface area contributed by atoms with E-state index >= 15 is 0 Å². The molecule has 0 bridgehead atoms. The quantitative estimate of drug-likeness (QED) is 0.851. The molecule has 3 N–H and O–H groups in total. The molecule has 1 aromatic carbocycles. The van der Waals surface area contributed by atoms with Crippen LogP contribution in [0.2, 0.25) is 0 Å². The monoisotopic (exact) mass is 234 g/mol. The molecule has 0 radical (unpaired) electrons. The molecule has 0 aliphatic rings. The highest BCUT2D eigenvalue weighted by atomic mass is 32.1. The van der Waals surface area contributed by atoms with Crippen LogP contribution in [0.5, 0.6) is 0 Å². The molecule has 0 spiro atoms. The number of rotatable bonds is 3. The molecule has 1 aromatic heterocycles. The van der Waals surface area contributed by atoms with Crippen LogP contribution >= 0.6 is 11.3 Å². The second-order valence-electron chi connectivity index (χ2n) is 3.29. The fraction of sp³-hybridized carbons (Fsp3) is 0.0909. The zero-order valence-electron chi connectivity index (χ0n) is 8.38. The summed E-state index contributed by atoms with van der Waals surface area (Å²) in [6, 6.07) is 9.64. The molecular weight excluding hydrogens is 224 g/mol. The number of anilines is 1. The van der Waals surface area contributed by atoms with Gasteiger partial charge in [0.25, 0.3) is 0 Å². The Balaban J connectivity index is 2.31. The molecule has 0 fully saturated rings. The van der Waals surface area contributed by atoms with Crippen molar-refractivity contribution in [3.8, 4) is 0 Å².